The van der Waals surface area contributed by atoms with Crippen molar-refractivity contribution in [1.29, 1.82) is 0 Å². The Bertz CT molecular complexity index is 2020. The molecule has 6 aromatic rings. The van der Waals surface area contributed by atoms with Crippen molar-refractivity contribution in [3.63, 3.8) is 0 Å². The van der Waals surface area contributed by atoms with E-state index in [-0.39, 0.29) is 23.6 Å². The molecule has 0 unspecified atom stereocenters. The number of carbonyl (C=O) groups is 2. The van der Waals surface area contributed by atoms with Gasteiger partial charge in [-0.2, -0.15) is 0 Å². The fourth-order valence-corrected chi connectivity index (χ4v) is 10.8. The number of benzene rings is 4. The third-order valence-electron chi connectivity index (χ3n) is 8.87. The van der Waals surface area contributed by atoms with E-state index in [1.54, 1.807) is 36.8 Å². The number of methoxy groups -OCH3 is 2. The highest BCUT2D eigenvalue weighted by atomic mass is 28.4. The second kappa shape index (κ2) is 17.7. The Labute approximate surface area is 311 Å². The number of aliphatic hydroxyl groups is 1. The molecule has 0 saturated heterocycles. The second-order valence-electron chi connectivity index (χ2n) is 13.6. The van der Waals surface area contributed by atoms with Crippen molar-refractivity contribution in [1.82, 2.24) is 19.1 Å². The van der Waals surface area contributed by atoms with Crippen molar-refractivity contribution in [2.75, 3.05) is 14.2 Å². The third-order valence-corrected chi connectivity index (χ3v) is 13.9. The number of aliphatic hydroxyl groups excluding tert-OH is 1. The van der Waals surface area contributed by atoms with Gasteiger partial charge in [-0.15, -0.1) is 0 Å². The fourth-order valence-electron chi connectivity index (χ4n) is 6.24. The molecule has 274 valence electrons. The van der Waals surface area contributed by atoms with Gasteiger partial charge in [0.1, 0.15) is 0 Å². The fraction of sp³-hybridized carbons (Fsp3) is 0.238. The van der Waals surface area contributed by atoms with Crippen molar-refractivity contribution in [3.8, 4) is 0 Å². The van der Waals surface area contributed by atoms with Gasteiger partial charge in [0.05, 0.1) is 62.6 Å². The number of rotatable bonds is 12. The Balaban J connectivity index is 0.000000252. The molecule has 0 aliphatic rings. The van der Waals surface area contributed by atoms with Crippen LogP contribution in [0.4, 0.5) is 0 Å². The second-order valence-corrected chi connectivity index (χ2v) is 17.9. The Morgan fingerprint density at radius 3 is 1.43 bits per heavy atom. The summed E-state index contributed by atoms with van der Waals surface area (Å²) in [6.45, 7) is 8.50. The molecule has 0 atom stereocenters. The van der Waals surface area contributed by atoms with Gasteiger partial charge in [-0.25, -0.2) is 19.6 Å². The predicted octanol–water partition coefficient (Wildman–Crippen LogP) is 6.00. The topological polar surface area (TPSA) is 118 Å². The van der Waals surface area contributed by atoms with E-state index in [0.717, 1.165) is 16.8 Å². The smallest absolute Gasteiger partial charge is 0.337 e. The average molecular weight is 731 g/mol. The minimum atomic E-state index is -2.61. The number of aromatic nitrogens is 4. The molecule has 2 heterocycles. The van der Waals surface area contributed by atoms with Crippen LogP contribution in [-0.4, -0.2) is 58.7 Å². The monoisotopic (exact) mass is 730 g/mol. The summed E-state index contributed by atoms with van der Waals surface area (Å²) in [5, 5.41) is 11.3. The standard InChI is InChI=1S/C29H32N2O3Si.C13H14N2O3/c1-29(2,3)35(26-11-7-5-8-12-26,27-13-9-6-10-14-27)34-21-25-20-31(22-30-25)19-23-15-17-24(18-16-23)28(32)33-4;1-18-13(17)11-4-2-10(3-5-11)6-15-7-12(8-16)14-9-15/h5-18,20,22H,19,21H2,1-4H3;2-5,7,9,16H,6,8H2,1H3. The van der Waals surface area contributed by atoms with Crippen LogP contribution in [0.15, 0.2) is 134 Å². The van der Waals surface area contributed by atoms with Crippen LogP contribution in [0, 0.1) is 0 Å². The van der Waals surface area contributed by atoms with E-state index >= 15 is 0 Å². The maximum atomic E-state index is 11.7. The Kier molecular flexibility index (Phi) is 12.9. The quantitative estimate of drug-likeness (QED) is 0.120. The maximum absolute atomic E-state index is 11.7. The van der Waals surface area contributed by atoms with Crippen LogP contribution in [0.25, 0.3) is 0 Å². The van der Waals surface area contributed by atoms with Crippen LogP contribution in [0.3, 0.4) is 0 Å². The van der Waals surface area contributed by atoms with Crippen molar-refractivity contribution >= 4 is 30.6 Å². The molecular weight excluding hydrogens is 685 g/mol. The first-order valence-electron chi connectivity index (χ1n) is 17.3. The highest BCUT2D eigenvalue weighted by molar-refractivity contribution is 6.99. The molecule has 0 bridgehead atoms. The van der Waals surface area contributed by atoms with Gasteiger partial charge < -0.3 is 28.1 Å². The largest absolute Gasteiger partial charge is 0.465 e. The van der Waals surface area contributed by atoms with Gasteiger partial charge >= 0.3 is 11.9 Å². The summed E-state index contributed by atoms with van der Waals surface area (Å²) in [7, 11) is 0.136. The van der Waals surface area contributed by atoms with Crippen LogP contribution in [0.5, 0.6) is 0 Å². The van der Waals surface area contributed by atoms with Gasteiger partial charge in [0.2, 0.25) is 0 Å². The molecule has 1 N–H and O–H groups in total. The van der Waals surface area contributed by atoms with E-state index in [1.807, 2.05) is 45.9 Å². The molecule has 0 saturated carbocycles. The number of esters is 2. The molecular formula is C42H46N4O6Si. The van der Waals surface area contributed by atoms with E-state index in [0.29, 0.717) is 36.5 Å². The molecule has 0 spiro atoms. The van der Waals surface area contributed by atoms with E-state index in [9.17, 15) is 9.59 Å². The first kappa shape index (κ1) is 38.6. The van der Waals surface area contributed by atoms with Gasteiger partial charge in [-0.1, -0.05) is 106 Å². The first-order chi connectivity index (χ1) is 25.6. The Morgan fingerprint density at radius 2 is 1.06 bits per heavy atom. The molecule has 0 fully saturated rings. The zero-order chi connectivity index (χ0) is 37.8. The highest BCUT2D eigenvalue weighted by Gasteiger charge is 2.50. The summed E-state index contributed by atoms with van der Waals surface area (Å²) in [6, 6.07) is 35.9. The molecule has 6 rings (SSSR count). The number of imidazole rings is 2. The highest BCUT2D eigenvalue weighted by Crippen LogP contribution is 2.37. The van der Waals surface area contributed by atoms with Gasteiger partial charge in [0.15, 0.2) is 0 Å². The number of nitrogens with zero attached hydrogens (tertiary/aromatic N) is 4. The van der Waals surface area contributed by atoms with E-state index < -0.39 is 8.32 Å². The van der Waals surface area contributed by atoms with Crippen molar-refractivity contribution in [2.24, 2.45) is 0 Å². The molecule has 11 heteroatoms. The summed E-state index contributed by atoms with van der Waals surface area (Å²) in [5.74, 6) is -0.673. The first-order valence-corrected chi connectivity index (χ1v) is 19.2. The summed E-state index contributed by atoms with van der Waals surface area (Å²) < 4.78 is 20.3. The minimum Gasteiger partial charge on any atom is -0.465 e. The lowest BCUT2D eigenvalue weighted by atomic mass is 10.1. The lowest BCUT2D eigenvalue weighted by Crippen LogP contribution is -2.66. The molecule has 0 aliphatic heterocycles. The van der Waals surface area contributed by atoms with E-state index in [1.165, 1.54) is 24.6 Å². The number of ether oxygens (including phenoxy) is 2. The van der Waals surface area contributed by atoms with Crippen LogP contribution < -0.4 is 10.4 Å². The SMILES string of the molecule is COC(=O)c1ccc(Cn2cnc(CO)c2)cc1.COC(=O)c1ccc(Cn2cnc(CO[Si](c3ccccc3)(c3ccccc3)C(C)(C)C)c2)cc1. The van der Waals surface area contributed by atoms with Gasteiger partial charge in [-0.05, 0) is 50.8 Å². The van der Waals surface area contributed by atoms with Crippen LogP contribution >= 0.6 is 0 Å². The predicted molar refractivity (Wildman–Crippen MR) is 207 cm³/mol. The minimum absolute atomic E-state index is 0.0612. The van der Waals surface area contributed by atoms with Crippen molar-refractivity contribution in [3.05, 3.63) is 168 Å². The summed E-state index contributed by atoms with van der Waals surface area (Å²) in [4.78, 5) is 31.6. The molecule has 0 amide bonds. The molecule has 0 aliphatic carbocycles. The van der Waals surface area contributed by atoms with Crippen LogP contribution in [0.2, 0.25) is 5.04 Å². The van der Waals surface area contributed by atoms with Gasteiger partial charge in [0.25, 0.3) is 8.32 Å². The summed E-state index contributed by atoms with van der Waals surface area (Å²) >= 11 is 0. The number of carbonyl (C=O) groups excluding carboxylic acids is 2. The molecule has 4 aromatic carbocycles. The molecule has 53 heavy (non-hydrogen) atoms. The Morgan fingerprint density at radius 1 is 0.642 bits per heavy atom. The van der Waals surface area contributed by atoms with Crippen LogP contribution in [0.1, 0.15) is 64.0 Å². The lowest BCUT2D eigenvalue weighted by molar-refractivity contribution is 0.0592. The third kappa shape index (κ3) is 9.63. The normalized spacial score (nSPS) is 11.4. The van der Waals surface area contributed by atoms with Crippen LogP contribution in [-0.2, 0) is 40.2 Å². The summed E-state index contributed by atoms with van der Waals surface area (Å²) in [5.41, 5.74) is 4.73. The average Bonchev–Trinajstić information content (AvgIpc) is 3.84. The van der Waals surface area contributed by atoms with Crippen molar-refractivity contribution < 1.29 is 28.6 Å². The number of hydrogen-bond acceptors (Lipinski definition) is 8. The zero-order valence-corrected chi connectivity index (χ0v) is 31.8. The maximum Gasteiger partial charge on any atom is 0.337 e. The zero-order valence-electron chi connectivity index (χ0n) is 30.8. The lowest BCUT2D eigenvalue weighted by Gasteiger charge is -2.42. The van der Waals surface area contributed by atoms with Crippen molar-refractivity contribution in [2.45, 2.75) is 52.1 Å². The van der Waals surface area contributed by atoms with Gasteiger partial charge in [0, 0.05) is 25.5 Å². The Hall–Kier alpha value is -5.62. The van der Waals surface area contributed by atoms with E-state index in [2.05, 4.69) is 96.1 Å². The number of hydrogen-bond donors (Lipinski definition) is 1. The molecule has 0 radical (unpaired) electrons. The molecule has 10 nitrogen and oxygen atoms in total. The summed E-state index contributed by atoms with van der Waals surface area (Å²) in [6.07, 6.45) is 7.32. The molecule has 2 aromatic heterocycles. The van der Waals surface area contributed by atoms with Gasteiger partial charge in [-0.3, -0.25) is 0 Å². The van der Waals surface area contributed by atoms with E-state index in [4.69, 9.17) is 14.3 Å².